The van der Waals surface area contributed by atoms with Crippen LogP contribution in [0.5, 0.6) is 0 Å². The normalized spacial score (nSPS) is 22.3. The Morgan fingerprint density at radius 3 is 2.44 bits per heavy atom. The summed E-state index contributed by atoms with van der Waals surface area (Å²) in [5.41, 5.74) is 6.95. The zero-order valence-corrected chi connectivity index (χ0v) is 20.1. The third-order valence-corrected chi connectivity index (χ3v) is 6.31. The number of hydrogen-bond donors (Lipinski definition) is 2. The van der Waals surface area contributed by atoms with Gasteiger partial charge in [-0.25, -0.2) is 13.6 Å². The molecule has 3 amide bonds. The van der Waals surface area contributed by atoms with Gasteiger partial charge in [-0.15, -0.1) is 12.4 Å². The first-order valence-electron chi connectivity index (χ1n) is 11.3. The standard InChI is InChI=1S/C23H32F2N4O4.ClH/c1-28(22(32)33-14-16-5-3-2-4-6-16)13-19(30)27-18-9-7-17(8-10-18)20(26)21(31)29-12-11-23(24,25)15-29;/h2-6,17-18,20H,7-15,26H2,1H3,(H,27,30);1H/t17?,18?,20-;/m0./s1. The number of nitrogens with two attached hydrogens (primary N) is 1. The van der Waals surface area contributed by atoms with E-state index < -0.39 is 30.5 Å². The molecule has 1 aliphatic heterocycles. The number of carbonyl (C=O) groups is 3. The lowest BCUT2D eigenvalue weighted by molar-refractivity contribution is -0.134. The van der Waals surface area contributed by atoms with Crippen molar-refractivity contribution in [1.29, 1.82) is 0 Å². The first-order chi connectivity index (χ1) is 15.6. The highest BCUT2D eigenvalue weighted by Gasteiger charge is 2.42. The van der Waals surface area contributed by atoms with Crippen LogP contribution in [0, 0.1) is 5.92 Å². The third-order valence-electron chi connectivity index (χ3n) is 6.31. The molecule has 0 bridgehead atoms. The number of likely N-dealkylation sites (N-methyl/N-ethyl adjacent to an activating group) is 1. The average molecular weight is 503 g/mol. The molecule has 3 N–H and O–H groups in total. The zero-order valence-electron chi connectivity index (χ0n) is 19.3. The molecule has 0 unspecified atom stereocenters. The van der Waals surface area contributed by atoms with Crippen molar-refractivity contribution in [1.82, 2.24) is 15.1 Å². The molecule has 1 atom stereocenters. The number of amides is 3. The smallest absolute Gasteiger partial charge is 0.410 e. The highest BCUT2D eigenvalue weighted by molar-refractivity contribution is 5.85. The van der Waals surface area contributed by atoms with Gasteiger partial charge in [0.25, 0.3) is 5.92 Å². The van der Waals surface area contributed by atoms with Crippen LogP contribution in [-0.2, 0) is 20.9 Å². The van der Waals surface area contributed by atoms with E-state index in [1.54, 1.807) is 0 Å². The summed E-state index contributed by atoms with van der Waals surface area (Å²) in [6.07, 6.45) is 1.60. The van der Waals surface area contributed by atoms with Gasteiger partial charge >= 0.3 is 6.09 Å². The van der Waals surface area contributed by atoms with E-state index in [1.807, 2.05) is 30.3 Å². The van der Waals surface area contributed by atoms with Crippen molar-refractivity contribution in [3.05, 3.63) is 35.9 Å². The summed E-state index contributed by atoms with van der Waals surface area (Å²) >= 11 is 0. The monoisotopic (exact) mass is 502 g/mol. The average Bonchev–Trinajstić information content (AvgIpc) is 3.17. The Labute approximate surface area is 204 Å². The number of carbonyl (C=O) groups excluding carboxylic acids is 3. The van der Waals surface area contributed by atoms with Gasteiger partial charge in [0.2, 0.25) is 11.8 Å². The first-order valence-corrected chi connectivity index (χ1v) is 11.3. The fourth-order valence-corrected chi connectivity index (χ4v) is 4.34. The van der Waals surface area contributed by atoms with Crippen LogP contribution in [-0.4, -0.2) is 72.4 Å². The van der Waals surface area contributed by atoms with Gasteiger partial charge in [-0.05, 0) is 37.2 Å². The van der Waals surface area contributed by atoms with E-state index in [2.05, 4.69) is 5.32 Å². The molecule has 2 aliphatic rings. The van der Waals surface area contributed by atoms with Gasteiger partial charge in [0.15, 0.2) is 0 Å². The predicted octanol–water partition coefficient (Wildman–Crippen LogP) is 2.55. The summed E-state index contributed by atoms with van der Waals surface area (Å²) in [6.45, 7) is -0.531. The molecule has 190 valence electrons. The van der Waals surface area contributed by atoms with Gasteiger partial charge in [0, 0.05) is 26.1 Å². The van der Waals surface area contributed by atoms with Crippen LogP contribution in [0.1, 0.15) is 37.7 Å². The van der Waals surface area contributed by atoms with Crippen LogP contribution in [0.4, 0.5) is 13.6 Å². The summed E-state index contributed by atoms with van der Waals surface area (Å²) < 4.78 is 32.0. The highest BCUT2D eigenvalue weighted by atomic mass is 35.5. The second-order valence-corrected chi connectivity index (χ2v) is 8.97. The molecule has 3 rings (SSSR count). The Bertz CT molecular complexity index is 838. The minimum Gasteiger partial charge on any atom is -0.445 e. The number of nitrogens with one attached hydrogen (secondary N) is 1. The van der Waals surface area contributed by atoms with Gasteiger partial charge in [-0.3, -0.25) is 9.59 Å². The van der Waals surface area contributed by atoms with E-state index in [9.17, 15) is 23.2 Å². The van der Waals surface area contributed by atoms with E-state index in [1.165, 1.54) is 11.9 Å². The van der Waals surface area contributed by atoms with Crippen LogP contribution in [0.3, 0.4) is 0 Å². The number of hydrogen-bond acceptors (Lipinski definition) is 5. The number of benzene rings is 1. The Morgan fingerprint density at radius 2 is 1.85 bits per heavy atom. The van der Waals surface area contributed by atoms with Crippen LogP contribution in [0.15, 0.2) is 30.3 Å². The van der Waals surface area contributed by atoms with Crippen molar-refractivity contribution in [2.45, 2.75) is 56.7 Å². The van der Waals surface area contributed by atoms with E-state index in [-0.39, 0.29) is 56.4 Å². The van der Waals surface area contributed by atoms with Crippen molar-refractivity contribution in [2.24, 2.45) is 11.7 Å². The van der Waals surface area contributed by atoms with Crippen LogP contribution < -0.4 is 11.1 Å². The van der Waals surface area contributed by atoms with Gasteiger partial charge in [-0.1, -0.05) is 30.3 Å². The lowest BCUT2D eigenvalue weighted by Gasteiger charge is -2.33. The van der Waals surface area contributed by atoms with Gasteiger partial charge < -0.3 is 25.6 Å². The molecule has 1 heterocycles. The molecular weight excluding hydrogens is 470 g/mol. The van der Waals surface area contributed by atoms with Crippen LogP contribution in [0.25, 0.3) is 0 Å². The lowest BCUT2D eigenvalue weighted by Crippen LogP contribution is -2.50. The van der Waals surface area contributed by atoms with Gasteiger partial charge in [-0.2, -0.15) is 0 Å². The predicted molar refractivity (Wildman–Crippen MR) is 125 cm³/mol. The molecule has 11 heteroatoms. The van der Waals surface area contributed by atoms with E-state index in [0.717, 1.165) is 10.5 Å². The first kappa shape index (κ1) is 27.8. The number of alkyl halides is 2. The van der Waals surface area contributed by atoms with Crippen molar-refractivity contribution >= 4 is 30.3 Å². The molecule has 8 nitrogen and oxygen atoms in total. The summed E-state index contributed by atoms with van der Waals surface area (Å²) in [5.74, 6) is -3.65. The zero-order chi connectivity index (χ0) is 24.0. The molecule has 0 spiro atoms. The molecule has 1 saturated heterocycles. The Hall–Kier alpha value is -2.46. The number of halogens is 3. The van der Waals surface area contributed by atoms with Crippen molar-refractivity contribution in [3.8, 4) is 0 Å². The lowest BCUT2D eigenvalue weighted by atomic mass is 9.81. The Kier molecular flexibility index (Phi) is 10.1. The van der Waals surface area contributed by atoms with E-state index in [0.29, 0.717) is 25.7 Å². The number of likely N-dealkylation sites (tertiary alicyclic amines) is 1. The topological polar surface area (TPSA) is 105 Å². The minimum atomic E-state index is -2.83. The maximum absolute atomic E-state index is 13.4. The van der Waals surface area contributed by atoms with Crippen LogP contribution >= 0.6 is 12.4 Å². The van der Waals surface area contributed by atoms with E-state index >= 15 is 0 Å². The number of rotatable bonds is 7. The molecule has 1 aromatic carbocycles. The quantitative estimate of drug-likeness (QED) is 0.596. The minimum absolute atomic E-state index is 0. The van der Waals surface area contributed by atoms with Gasteiger partial charge in [0.05, 0.1) is 12.6 Å². The highest BCUT2D eigenvalue weighted by Crippen LogP contribution is 2.30. The number of ether oxygens (including phenoxy) is 1. The Balaban J connectivity index is 0.00000408. The molecule has 1 aliphatic carbocycles. The molecule has 2 fully saturated rings. The van der Waals surface area contributed by atoms with Crippen LogP contribution in [0.2, 0.25) is 0 Å². The van der Waals surface area contributed by atoms with Crippen molar-refractivity contribution in [3.63, 3.8) is 0 Å². The molecule has 0 radical (unpaired) electrons. The molecule has 34 heavy (non-hydrogen) atoms. The molecular formula is C23H33ClF2N4O4. The van der Waals surface area contributed by atoms with Crippen molar-refractivity contribution < 1.29 is 27.9 Å². The second kappa shape index (κ2) is 12.3. The molecule has 1 aromatic rings. The Morgan fingerprint density at radius 1 is 1.21 bits per heavy atom. The largest absolute Gasteiger partial charge is 0.445 e. The number of nitrogens with zero attached hydrogens (tertiary/aromatic N) is 2. The summed E-state index contributed by atoms with van der Waals surface area (Å²) in [7, 11) is 1.50. The summed E-state index contributed by atoms with van der Waals surface area (Å²) in [6, 6.07) is 8.37. The second-order valence-electron chi connectivity index (χ2n) is 8.97. The van der Waals surface area contributed by atoms with E-state index in [4.69, 9.17) is 10.5 Å². The fraction of sp³-hybridized carbons (Fsp3) is 0.609. The summed E-state index contributed by atoms with van der Waals surface area (Å²) in [4.78, 5) is 39.3. The SMILES string of the molecule is CN(CC(=O)NC1CCC([C@H](N)C(=O)N2CCC(F)(F)C2)CC1)C(=O)OCc1ccccc1.Cl. The van der Waals surface area contributed by atoms with Crippen molar-refractivity contribution in [2.75, 3.05) is 26.7 Å². The fourth-order valence-electron chi connectivity index (χ4n) is 4.34. The maximum atomic E-state index is 13.4. The van der Waals surface area contributed by atoms with Gasteiger partial charge in [0.1, 0.15) is 13.2 Å². The molecule has 1 saturated carbocycles. The maximum Gasteiger partial charge on any atom is 0.410 e. The third kappa shape index (κ3) is 7.80. The summed E-state index contributed by atoms with van der Waals surface area (Å²) in [5, 5.41) is 2.91. The molecule has 0 aromatic heterocycles.